The number of ether oxygens (including phenoxy) is 1. The summed E-state index contributed by atoms with van der Waals surface area (Å²) in [6.07, 6.45) is 0.944. The normalized spacial score (nSPS) is 17.8. The first-order valence-corrected chi connectivity index (χ1v) is 8.76. The summed E-state index contributed by atoms with van der Waals surface area (Å²) in [6, 6.07) is 4.13. The molecule has 1 aromatic rings. The fourth-order valence-electron chi connectivity index (χ4n) is 4.19. The molecule has 0 aromatic heterocycles. The van der Waals surface area contributed by atoms with E-state index >= 15 is 0 Å². The number of anilines is 1. The van der Waals surface area contributed by atoms with E-state index in [1.165, 1.54) is 0 Å². The Bertz CT molecular complexity index is 553. The van der Waals surface area contributed by atoms with Gasteiger partial charge in [-0.05, 0) is 57.9 Å². The SMILES string of the molecule is CC[N+](CC)(CC)C1CCN(c2c(C)cc(OC)cc2C)C1=O.[Y]. The third kappa shape index (κ3) is 3.71. The molecule has 2 rings (SSSR count). The molecule has 1 unspecified atom stereocenters. The predicted molar refractivity (Wildman–Crippen MR) is 95.1 cm³/mol. The summed E-state index contributed by atoms with van der Waals surface area (Å²) < 4.78 is 6.23. The Morgan fingerprint density at radius 1 is 1.12 bits per heavy atom. The van der Waals surface area contributed by atoms with Gasteiger partial charge in [0.15, 0.2) is 6.04 Å². The minimum Gasteiger partial charge on any atom is -0.497 e. The van der Waals surface area contributed by atoms with Crippen LogP contribution in [0, 0.1) is 13.8 Å². The van der Waals surface area contributed by atoms with Crippen LogP contribution in [0.5, 0.6) is 5.75 Å². The molecule has 1 fully saturated rings. The summed E-state index contributed by atoms with van der Waals surface area (Å²) in [5.74, 6) is 1.14. The van der Waals surface area contributed by atoms with Crippen LogP contribution in [0.15, 0.2) is 12.1 Å². The van der Waals surface area contributed by atoms with Gasteiger partial charge in [-0.3, -0.25) is 4.79 Å². The van der Waals surface area contributed by atoms with Crippen LogP contribution in [0.4, 0.5) is 5.69 Å². The van der Waals surface area contributed by atoms with E-state index in [1.54, 1.807) is 7.11 Å². The van der Waals surface area contributed by atoms with Crippen LogP contribution in [0.25, 0.3) is 0 Å². The number of hydrogen-bond acceptors (Lipinski definition) is 2. The second kappa shape index (κ2) is 8.78. The van der Waals surface area contributed by atoms with Crippen LogP contribution < -0.4 is 9.64 Å². The maximum absolute atomic E-state index is 13.2. The number of nitrogens with zero attached hydrogens (tertiary/aromatic N) is 2. The molecule has 0 spiro atoms. The quantitative estimate of drug-likeness (QED) is 0.677. The van der Waals surface area contributed by atoms with Crippen LogP contribution >= 0.6 is 0 Å². The molecule has 1 aromatic carbocycles. The average Bonchev–Trinajstić information content (AvgIpc) is 2.91. The van der Waals surface area contributed by atoms with E-state index in [2.05, 4.69) is 34.6 Å². The number of benzene rings is 1. The average molecular weight is 408 g/mol. The minimum atomic E-state index is 0. The van der Waals surface area contributed by atoms with E-state index in [1.807, 2.05) is 17.0 Å². The molecule has 0 bridgehead atoms. The molecule has 1 aliphatic heterocycles. The first-order valence-electron chi connectivity index (χ1n) is 8.76. The van der Waals surface area contributed by atoms with Crippen LogP contribution in [0.1, 0.15) is 38.3 Å². The van der Waals surface area contributed by atoms with Gasteiger partial charge in [0.25, 0.3) is 5.91 Å². The number of carbonyl (C=O) groups is 1. The fourth-order valence-corrected chi connectivity index (χ4v) is 4.19. The van der Waals surface area contributed by atoms with E-state index in [-0.39, 0.29) is 44.7 Å². The third-order valence-corrected chi connectivity index (χ3v) is 5.70. The summed E-state index contributed by atoms with van der Waals surface area (Å²) in [4.78, 5) is 15.2. The van der Waals surface area contributed by atoms with Crippen LogP contribution in [-0.2, 0) is 37.5 Å². The molecule has 131 valence electrons. The van der Waals surface area contributed by atoms with Crippen molar-refractivity contribution in [1.82, 2.24) is 0 Å². The summed E-state index contributed by atoms with van der Waals surface area (Å²) in [6.45, 7) is 14.6. The molecule has 1 atom stereocenters. The molecule has 24 heavy (non-hydrogen) atoms. The van der Waals surface area contributed by atoms with Crippen molar-refractivity contribution in [3.63, 3.8) is 0 Å². The smallest absolute Gasteiger partial charge is 0.285 e. The topological polar surface area (TPSA) is 29.5 Å². The monoisotopic (exact) mass is 408 g/mol. The zero-order valence-electron chi connectivity index (χ0n) is 16.1. The van der Waals surface area contributed by atoms with E-state index in [0.717, 1.165) is 59.6 Å². The maximum atomic E-state index is 13.2. The van der Waals surface area contributed by atoms with Crippen LogP contribution in [-0.4, -0.2) is 49.7 Å². The first-order chi connectivity index (χ1) is 10.9. The van der Waals surface area contributed by atoms with Crippen LogP contribution in [0.3, 0.4) is 0 Å². The zero-order valence-corrected chi connectivity index (χ0v) is 18.9. The number of likely N-dealkylation sites (N-methyl/N-ethyl adjacent to an activating group) is 1. The second-order valence-corrected chi connectivity index (χ2v) is 6.57. The zero-order chi connectivity index (χ0) is 17.2. The summed E-state index contributed by atoms with van der Waals surface area (Å²) in [7, 11) is 1.68. The number of hydrogen-bond donors (Lipinski definition) is 0. The molecule has 1 amide bonds. The molecular weight excluding hydrogens is 377 g/mol. The molecule has 0 N–H and O–H groups in total. The van der Waals surface area contributed by atoms with E-state index in [0.29, 0.717) is 0 Å². The Balaban J connectivity index is 0.00000288. The van der Waals surface area contributed by atoms with Gasteiger partial charge in [-0.25, -0.2) is 0 Å². The molecule has 1 heterocycles. The van der Waals surface area contributed by atoms with Gasteiger partial charge in [0, 0.05) is 51.4 Å². The van der Waals surface area contributed by atoms with Gasteiger partial charge in [-0.1, -0.05) is 0 Å². The number of quaternary nitrogens is 1. The van der Waals surface area contributed by atoms with Crippen LogP contribution in [0.2, 0.25) is 0 Å². The number of carbonyl (C=O) groups excluding carboxylic acids is 1. The van der Waals surface area contributed by atoms with Crippen molar-refractivity contribution in [3.05, 3.63) is 23.3 Å². The summed E-state index contributed by atoms with van der Waals surface area (Å²) >= 11 is 0. The van der Waals surface area contributed by atoms with Gasteiger partial charge in [-0.15, -0.1) is 0 Å². The van der Waals surface area contributed by atoms with Crippen molar-refractivity contribution in [2.24, 2.45) is 0 Å². The Labute approximate surface area is 172 Å². The molecule has 0 aliphatic carbocycles. The number of methoxy groups -OCH3 is 1. The Hall–Kier alpha value is -0.446. The molecule has 1 saturated heterocycles. The van der Waals surface area contributed by atoms with Crippen molar-refractivity contribution in [2.45, 2.75) is 47.1 Å². The van der Waals surface area contributed by atoms with Crippen molar-refractivity contribution in [3.8, 4) is 5.75 Å². The largest absolute Gasteiger partial charge is 0.497 e. The first kappa shape index (κ1) is 21.6. The third-order valence-electron chi connectivity index (χ3n) is 5.70. The fraction of sp³-hybridized carbons (Fsp3) is 0.632. The van der Waals surface area contributed by atoms with E-state index in [4.69, 9.17) is 4.74 Å². The van der Waals surface area contributed by atoms with Gasteiger partial charge < -0.3 is 14.1 Å². The standard InChI is InChI=1S/C19H31N2O2.Y/c1-7-21(8-2,9-3)17-10-11-20(19(17)22)18-14(4)12-16(23-6)13-15(18)5;/h12-13,17H,7-11H2,1-6H3;/q+1;. The van der Waals surface area contributed by atoms with Gasteiger partial charge in [0.2, 0.25) is 0 Å². The number of amides is 1. The van der Waals surface area contributed by atoms with Crippen molar-refractivity contribution in [2.75, 3.05) is 38.2 Å². The van der Waals surface area contributed by atoms with Crippen molar-refractivity contribution < 1.29 is 46.7 Å². The van der Waals surface area contributed by atoms with Crippen molar-refractivity contribution in [1.29, 1.82) is 0 Å². The van der Waals surface area contributed by atoms with E-state index < -0.39 is 0 Å². The maximum Gasteiger partial charge on any atom is 0.285 e. The van der Waals surface area contributed by atoms with Crippen molar-refractivity contribution >= 4 is 11.6 Å². The van der Waals surface area contributed by atoms with Gasteiger partial charge >= 0.3 is 0 Å². The molecule has 4 nitrogen and oxygen atoms in total. The number of aryl methyl sites for hydroxylation is 2. The summed E-state index contributed by atoms with van der Waals surface area (Å²) in [5, 5.41) is 0. The van der Waals surface area contributed by atoms with E-state index in [9.17, 15) is 4.79 Å². The Morgan fingerprint density at radius 2 is 1.62 bits per heavy atom. The second-order valence-electron chi connectivity index (χ2n) is 6.57. The van der Waals surface area contributed by atoms with Gasteiger partial charge in [0.05, 0.1) is 26.7 Å². The minimum absolute atomic E-state index is 0. The molecule has 5 heteroatoms. The predicted octanol–water partition coefficient (Wildman–Crippen LogP) is 3.29. The Kier molecular flexibility index (Phi) is 7.90. The molecule has 0 saturated carbocycles. The van der Waals surface area contributed by atoms with Gasteiger partial charge in [-0.2, -0.15) is 0 Å². The summed E-state index contributed by atoms with van der Waals surface area (Å²) in [5.41, 5.74) is 3.29. The molecular formula is C19H31N2O2Y+. The Morgan fingerprint density at radius 3 is 2.04 bits per heavy atom. The number of rotatable bonds is 6. The molecule has 1 aliphatic rings. The van der Waals surface area contributed by atoms with Gasteiger partial charge in [0.1, 0.15) is 5.75 Å². The molecule has 1 radical (unpaired) electrons.